The maximum atomic E-state index is 12.8. The van der Waals surface area contributed by atoms with Crippen LogP contribution in [0.25, 0.3) is 0 Å². The first-order valence-electron chi connectivity index (χ1n) is 24.8. The molecule has 1 atom stereocenters. The predicted molar refractivity (Wildman–Crippen MR) is 260 cm³/mol. The first-order chi connectivity index (χ1) is 30.0. The van der Waals surface area contributed by atoms with E-state index in [2.05, 4.69) is 81.5 Å². The molecule has 0 fully saturated rings. The lowest BCUT2D eigenvalue weighted by molar-refractivity contribution is -0.167. The number of carbonyl (C=O) groups excluding carboxylic acids is 3. The Morgan fingerprint density at radius 3 is 1.26 bits per heavy atom. The number of hydrogen-bond donors (Lipinski definition) is 0. The van der Waals surface area contributed by atoms with Crippen LogP contribution in [0, 0.1) is 0 Å². The highest BCUT2D eigenvalue weighted by atomic mass is 16.6. The van der Waals surface area contributed by atoms with E-state index in [9.17, 15) is 14.4 Å². The first kappa shape index (κ1) is 57.3. The third-order valence-electron chi connectivity index (χ3n) is 10.2. The second kappa shape index (κ2) is 49.0. The van der Waals surface area contributed by atoms with Gasteiger partial charge in [0.05, 0.1) is 0 Å². The van der Waals surface area contributed by atoms with E-state index in [1.54, 1.807) is 0 Å². The minimum Gasteiger partial charge on any atom is -0.462 e. The van der Waals surface area contributed by atoms with E-state index in [1.807, 2.05) is 36.5 Å². The molecule has 346 valence electrons. The molecule has 0 aliphatic rings. The predicted octanol–water partition coefficient (Wildman–Crippen LogP) is 16.2. The molecule has 0 heterocycles. The van der Waals surface area contributed by atoms with Crippen molar-refractivity contribution in [1.29, 1.82) is 0 Å². The average Bonchev–Trinajstić information content (AvgIpc) is 3.26. The molecule has 1 unspecified atom stereocenters. The van der Waals surface area contributed by atoms with Crippen molar-refractivity contribution >= 4 is 17.9 Å². The SMILES string of the molecule is CC/C=C\C/C=C\C/C=C\CCCC(=O)OCC(COC(=O)CCCCCCC\C=C/C=C\C=C/C=C\C=C/CCC)OC(=O)CCCCCCCCCCCCCCCC. The van der Waals surface area contributed by atoms with Crippen molar-refractivity contribution in [2.75, 3.05) is 13.2 Å². The molecule has 0 aromatic carbocycles. The lowest BCUT2D eigenvalue weighted by Crippen LogP contribution is -2.30. The highest BCUT2D eigenvalue weighted by Gasteiger charge is 2.19. The molecule has 0 radical (unpaired) electrons. The number of allylic oxidation sites excluding steroid dienone is 16. The van der Waals surface area contributed by atoms with Crippen molar-refractivity contribution in [2.24, 2.45) is 0 Å². The molecule has 61 heavy (non-hydrogen) atoms. The van der Waals surface area contributed by atoms with Crippen LogP contribution in [0.1, 0.15) is 213 Å². The molecule has 0 saturated heterocycles. The van der Waals surface area contributed by atoms with E-state index in [-0.39, 0.29) is 37.5 Å². The summed E-state index contributed by atoms with van der Waals surface area (Å²) in [5.74, 6) is -0.988. The number of hydrogen-bond acceptors (Lipinski definition) is 6. The Balaban J connectivity index is 4.47. The normalized spacial score (nSPS) is 12.9. The van der Waals surface area contributed by atoms with Crippen LogP contribution in [0.5, 0.6) is 0 Å². The highest BCUT2D eigenvalue weighted by Crippen LogP contribution is 2.14. The van der Waals surface area contributed by atoms with Gasteiger partial charge in [-0.25, -0.2) is 0 Å². The van der Waals surface area contributed by atoms with Gasteiger partial charge >= 0.3 is 17.9 Å². The Labute approximate surface area is 375 Å². The van der Waals surface area contributed by atoms with E-state index in [4.69, 9.17) is 14.2 Å². The van der Waals surface area contributed by atoms with E-state index in [1.165, 1.54) is 77.0 Å². The fraction of sp³-hybridized carbons (Fsp3) is 0.655. The standard InChI is InChI=1S/C55H90O6/c1-4-7-10-13-16-19-22-24-26-27-28-29-31-33-36-39-42-45-48-54(57)60-51-52(50-59-53(56)47-44-41-38-35-32-21-18-15-12-9-6-3)61-55(58)49-46-43-40-37-34-30-25-23-20-17-14-11-8-5-2/h9-10,12-13,16,18-19,21-22,24,26-29,35,38,52H,4-8,11,14-15,17,20,23,25,30-34,36-37,39-51H2,1-3H3/b12-9-,13-10-,19-16-,21-18-,24-22-,27-26-,29-28-,38-35-. The lowest BCUT2D eigenvalue weighted by Gasteiger charge is -2.18. The molecule has 0 N–H and O–H groups in total. The van der Waals surface area contributed by atoms with Crippen LogP contribution in [0.4, 0.5) is 0 Å². The van der Waals surface area contributed by atoms with Crippen molar-refractivity contribution in [2.45, 2.75) is 219 Å². The van der Waals surface area contributed by atoms with Gasteiger partial charge in [0.15, 0.2) is 6.10 Å². The largest absolute Gasteiger partial charge is 0.462 e. The van der Waals surface area contributed by atoms with Crippen molar-refractivity contribution < 1.29 is 28.6 Å². The maximum Gasteiger partial charge on any atom is 0.306 e. The van der Waals surface area contributed by atoms with Gasteiger partial charge in [0.1, 0.15) is 13.2 Å². The third kappa shape index (κ3) is 47.2. The molecule has 0 aromatic rings. The summed E-state index contributed by atoms with van der Waals surface area (Å²) < 4.78 is 16.7. The number of carbonyl (C=O) groups is 3. The summed E-state index contributed by atoms with van der Waals surface area (Å²) in [5, 5.41) is 0. The number of rotatable bonds is 43. The maximum absolute atomic E-state index is 12.8. The quantitative estimate of drug-likeness (QED) is 0.0200. The molecule has 0 aromatic heterocycles. The second-order valence-electron chi connectivity index (χ2n) is 16.1. The van der Waals surface area contributed by atoms with Gasteiger partial charge in [0, 0.05) is 19.3 Å². The van der Waals surface area contributed by atoms with Crippen molar-refractivity contribution in [3.05, 3.63) is 97.2 Å². The molecule has 0 rings (SSSR count). The fourth-order valence-corrected chi connectivity index (χ4v) is 6.49. The van der Waals surface area contributed by atoms with Gasteiger partial charge in [0.25, 0.3) is 0 Å². The van der Waals surface area contributed by atoms with E-state index in [0.717, 1.165) is 89.9 Å². The van der Waals surface area contributed by atoms with E-state index in [0.29, 0.717) is 19.3 Å². The topological polar surface area (TPSA) is 78.9 Å². The zero-order chi connectivity index (χ0) is 44.4. The van der Waals surface area contributed by atoms with Crippen LogP contribution in [0.2, 0.25) is 0 Å². The summed E-state index contributed by atoms with van der Waals surface area (Å²) in [6.07, 6.45) is 63.9. The van der Waals surface area contributed by atoms with Gasteiger partial charge in [-0.15, -0.1) is 0 Å². The summed E-state index contributed by atoms with van der Waals surface area (Å²) >= 11 is 0. The molecule has 0 bridgehead atoms. The number of esters is 3. The van der Waals surface area contributed by atoms with Gasteiger partial charge in [-0.3, -0.25) is 14.4 Å². The van der Waals surface area contributed by atoms with Gasteiger partial charge in [-0.2, -0.15) is 0 Å². The van der Waals surface area contributed by atoms with E-state index >= 15 is 0 Å². The molecule has 0 spiro atoms. The van der Waals surface area contributed by atoms with Crippen LogP contribution in [-0.2, 0) is 28.6 Å². The molecule has 6 heteroatoms. The zero-order valence-corrected chi connectivity index (χ0v) is 39.4. The summed E-state index contributed by atoms with van der Waals surface area (Å²) in [4.78, 5) is 37.9. The Morgan fingerprint density at radius 1 is 0.361 bits per heavy atom. The first-order valence-corrected chi connectivity index (χ1v) is 24.8. The summed E-state index contributed by atoms with van der Waals surface area (Å²) in [6, 6.07) is 0. The highest BCUT2D eigenvalue weighted by molar-refractivity contribution is 5.71. The summed E-state index contributed by atoms with van der Waals surface area (Å²) in [5.41, 5.74) is 0. The number of unbranched alkanes of at least 4 members (excludes halogenated alkanes) is 20. The van der Waals surface area contributed by atoms with Gasteiger partial charge < -0.3 is 14.2 Å². The Hall–Kier alpha value is -3.67. The van der Waals surface area contributed by atoms with Gasteiger partial charge in [-0.1, -0.05) is 227 Å². The smallest absolute Gasteiger partial charge is 0.306 e. The minimum atomic E-state index is -0.806. The van der Waals surface area contributed by atoms with Crippen LogP contribution in [0.3, 0.4) is 0 Å². The molecule has 0 aliphatic carbocycles. The Kier molecular flexibility index (Phi) is 46.0. The van der Waals surface area contributed by atoms with Crippen molar-refractivity contribution in [3.63, 3.8) is 0 Å². The summed E-state index contributed by atoms with van der Waals surface area (Å²) in [7, 11) is 0. The molecule has 0 amide bonds. The minimum absolute atomic E-state index is 0.106. The molecule has 0 saturated carbocycles. The molecule has 6 nitrogen and oxygen atoms in total. The van der Waals surface area contributed by atoms with Gasteiger partial charge in [0.2, 0.25) is 0 Å². The van der Waals surface area contributed by atoms with Crippen LogP contribution >= 0.6 is 0 Å². The fourth-order valence-electron chi connectivity index (χ4n) is 6.49. The van der Waals surface area contributed by atoms with Crippen LogP contribution < -0.4 is 0 Å². The molecular formula is C55H90O6. The van der Waals surface area contributed by atoms with Crippen molar-refractivity contribution in [3.8, 4) is 0 Å². The second-order valence-corrected chi connectivity index (χ2v) is 16.1. The van der Waals surface area contributed by atoms with Crippen molar-refractivity contribution in [1.82, 2.24) is 0 Å². The van der Waals surface area contributed by atoms with Crippen LogP contribution in [-0.4, -0.2) is 37.2 Å². The molecular weight excluding hydrogens is 757 g/mol. The lowest BCUT2D eigenvalue weighted by atomic mass is 10.0. The Morgan fingerprint density at radius 2 is 0.754 bits per heavy atom. The number of ether oxygens (including phenoxy) is 3. The molecule has 0 aliphatic heterocycles. The Bertz CT molecular complexity index is 1250. The zero-order valence-electron chi connectivity index (χ0n) is 39.4. The van der Waals surface area contributed by atoms with Crippen LogP contribution in [0.15, 0.2) is 97.2 Å². The summed E-state index contributed by atoms with van der Waals surface area (Å²) in [6.45, 7) is 6.35. The monoisotopic (exact) mass is 847 g/mol. The van der Waals surface area contributed by atoms with Gasteiger partial charge in [-0.05, 0) is 64.2 Å². The van der Waals surface area contributed by atoms with E-state index < -0.39 is 6.10 Å². The average molecular weight is 847 g/mol. The third-order valence-corrected chi connectivity index (χ3v) is 10.2.